The summed E-state index contributed by atoms with van der Waals surface area (Å²) < 4.78 is 0. The van der Waals surface area contributed by atoms with E-state index >= 15 is 0 Å². The lowest BCUT2D eigenvalue weighted by atomic mass is 9.82. The molecule has 1 aromatic rings. The third-order valence-electron chi connectivity index (χ3n) is 3.46. The molecule has 96 valence electrons. The van der Waals surface area contributed by atoms with Crippen molar-refractivity contribution < 1.29 is 9.90 Å². The highest BCUT2D eigenvalue weighted by Gasteiger charge is 2.22. The maximum absolute atomic E-state index is 10.6. The van der Waals surface area contributed by atoms with Crippen LogP contribution in [0.5, 0.6) is 0 Å². The summed E-state index contributed by atoms with van der Waals surface area (Å²) in [6, 6.07) is 7.79. The second kappa shape index (κ2) is 4.94. The van der Waals surface area contributed by atoms with Crippen molar-refractivity contribution in [1.82, 2.24) is 0 Å². The molecule has 3 N–H and O–H groups in total. The summed E-state index contributed by atoms with van der Waals surface area (Å²) in [5.74, 6) is -0.793. The van der Waals surface area contributed by atoms with Gasteiger partial charge in [-0.1, -0.05) is 30.3 Å². The zero-order valence-electron chi connectivity index (χ0n) is 10.6. The molecule has 0 saturated carbocycles. The molecule has 3 nitrogen and oxygen atoms in total. The van der Waals surface area contributed by atoms with Crippen LogP contribution in [0.3, 0.4) is 0 Å². The molecule has 0 amide bonds. The second-order valence-corrected chi connectivity index (χ2v) is 5.35. The topological polar surface area (TPSA) is 63.3 Å². The van der Waals surface area contributed by atoms with Crippen LogP contribution in [0.25, 0.3) is 5.57 Å². The minimum Gasteiger partial charge on any atom is -0.481 e. The molecule has 0 saturated heterocycles. The molecule has 0 aromatic heterocycles. The summed E-state index contributed by atoms with van der Waals surface area (Å²) >= 11 is 0. The van der Waals surface area contributed by atoms with Crippen LogP contribution in [0.1, 0.15) is 37.3 Å². The van der Waals surface area contributed by atoms with Gasteiger partial charge in [0.1, 0.15) is 0 Å². The Morgan fingerprint density at radius 1 is 1.39 bits per heavy atom. The first-order chi connectivity index (χ1) is 8.46. The van der Waals surface area contributed by atoms with Crippen molar-refractivity contribution in [1.29, 1.82) is 0 Å². The van der Waals surface area contributed by atoms with Crippen molar-refractivity contribution in [2.45, 2.75) is 38.1 Å². The van der Waals surface area contributed by atoms with Gasteiger partial charge in [0, 0.05) is 5.54 Å². The van der Waals surface area contributed by atoms with Crippen molar-refractivity contribution in [3.8, 4) is 0 Å². The van der Waals surface area contributed by atoms with E-state index in [0.29, 0.717) is 0 Å². The zero-order chi connectivity index (χ0) is 13.2. The lowest BCUT2D eigenvalue weighted by molar-refractivity contribution is -0.136. The van der Waals surface area contributed by atoms with Crippen molar-refractivity contribution in [3.63, 3.8) is 0 Å². The Labute approximate surface area is 107 Å². The van der Waals surface area contributed by atoms with E-state index in [1.54, 1.807) is 0 Å². The molecule has 0 fully saturated rings. The predicted molar refractivity (Wildman–Crippen MR) is 72.2 cm³/mol. The number of carbonyl (C=O) groups is 1. The Bertz CT molecular complexity index is 472. The molecule has 18 heavy (non-hydrogen) atoms. The summed E-state index contributed by atoms with van der Waals surface area (Å²) in [5, 5.41) is 8.72. The van der Waals surface area contributed by atoms with E-state index in [9.17, 15) is 4.79 Å². The van der Waals surface area contributed by atoms with Crippen molar-refractivity contribution >= 4 is 11.5 Å². The van der Waals surface area contributed by atoms with Crippen LogP contribution < -0.4 is 5.73 Å². The van der Waals surface area contributed by atoms with Gasteiger partial charge in [0.25, 0.3) is 0 Å². The maximum Gasteiger partial charge on any atom is 0.307 e. The number of carboxylic acids is 1. The number of allylic oxidation sites excluding steroid dienone is 1. The van der Waals surface area contributed by atoms with E-state index in [0.717, 1.165) is 24.8 Å². The number of nitrogens with two attached hydrogens (primary N) is 1. The third-order valence-corrected chi connectivity index (χ3v) is 3.46. The molecule has 2 rings (SSSR count). The number of rotatable bonds is 3. The van der Waals surface area contributed by atoms with E-state index in [2.05, 4.69) is 13.0 Å². The molecular formula is C15H19NO2. The second-order valence-electron chi connectivity index (χ2n) is 5.35. The van der Waals surface area contributed by atoms with E-state index < -0.39 is 5.97 Å². The molecule has 1 aliphatic carbocycles. The molecule has 0 aliphatic heterocycles. The van der Waals surface area contributed by atoms with Crippen LogP contribution in [0.2, 0.25) is 0 Å². The average molecular weight is 245 g/mol. The third kappa shape index (κ3) is 3.20. The highest BCUT2D eigenvalue weighted by atomic mass is 16.4. The molecule has 0 bridgehead atoms. The van der Waals surface area contributed by atoms with E-state index in [1.807, 2.05) is 24.3 Å². The van der Waals surface area contributed by atoms with Crippen LogP contribution in [-0.4, -0.2) is 16.6 Å². The average Bonchev–Trinajstić information content (AvgIpc) is 2.30. The minimum atomic E-state index is -0.793. The molecule has 3 heteroatoms. The fourth-order valence-electron chi connectivity index (χ4n) is 2.25. The van der Waals surface area contributed by atoms with Gasteiger partial charge >= 0.3 is 5.97 Å². The largest absolute Gasteiger partial charge is 0.481 e. The molecule has 0 spiro atoms. The number of hydrogen-bond donors (Lipinski definition) is 2. The molecule has 0 heterocycles. The monoisotopic (exact) mass is 245 g/mol. The quantitative estimate of drug-likeness (QED) is 0.860. The Balaban J connectivity index is 2.11. The molecular weight excluding hydrogens is 226 g/mol. The number of carboxylic acid groups (broad SMARTS) is 1. The van der Waals surface area contributed by atoms with Crippen molar-refractivity contribution in [2.75, 3.05) is 0 Å². The SMILES string of the molecule is CC1(N)CC=C(c2ccc(CC(=O)O)cc2)CC1. The molecule has 0 radical (unpaired) electrons. The summed E-state index contributed by atoms with van der Waals surface area (Å²) in [6.07, 6.45) is 5.18. The Kier molecular flexibility index (Phi) is 3.53. The van der Waals surface area contributed by atoms with Gasteiger partial charge in [-0.25, -0.2) is 0 Å². The minimum absolute atomic E-state index is 0.0766. The maximum atomic E-state index is 10.6. The van der Waals surface area contributed by atoms with Crippen LogP contribution in [0, 0.1) is 0 Å². The fourth-order valence-corrected chi connectivity index (χ4v) is 2.25. The van der Waals surface area contributed by atoms with Gasteiger partial charge in [0.2, 0.25) is 0 Å². The Hall–Kier alpha value is -1.61. The number of benzene rings is 1. The Morgan fingerprint density at radius 2 is 2.06 bits per heavy atom. The van der Waals surface area contributed by atoms with Crippen molar-refractivity contribution in [3.05, 3.63) is 41.5 Å². The standard InChI is InChI=1S/C15H19NO2/c1-15(16)8-6-13(7-9-15)12-4-2-11(3-5-12)10-14(17)18/h2-6H,7-10,16H2,1H3,(H,17,18). The number of hydrogen-bond acceptors (Lipinski definition) is 2. The van der Waals surface area contributed by atoms with E-state index in [4.69, 9.17) is 10.8 Å². The molecule has 1 aliphatic rings. The lowest BCUT2D eigenvalue weighted by Crippen LogP contribution is -2.36. The van der Waals surface area contributed by atoms with Gasteiger partial charge in [0.15, 0.2) is 0 Å². The van der Waals surface area contributed by atoms with E-state index in [1.165, 1.54) is 11.1 Å². The first-order valence-corrected chi connectivity index (χ1v) is 6.25. The molecule has 1 unspecified atom stereocenters. The first kappa shape index (κ1) is 12.8. The van der Waals surface area contributed by atoms with Gasteiger partial charge < -0.3 is 10.8 Å². The normalized spacial score (nSPS) is 23.6. The lowest BCUT2D eigenvalue weighted by Gasteiger charge is -2.28. The van der Waals surface area contributed by atoms with Crippen molar-refractivity contribution in [2.24, 2.45) is 5.73 Å². The van der Waals surface area contributed by atoms with Crippen LogP contribution in [-0.2, 0) is 11.2 Å². The first-order valence-electron chi connectivity index (χ1n) is 6.25. The molecule has 1 atom stereocenters. The van der Waals surface area contributed by atoms with Crippen LogP contribution in [0.15, 0.2) is 30.3 Å². The smallest absolute Gasteiger partial charge is 0.307 e. The number of aliphatic carboxylic acids is 1. The summed E-state index contributed by atoms with van der Waals surface area (Å²) in [5.41, 5.74) is 9.35. The Morgan fingerprint density at radius 3 is 2.56 bits per heavy atom. The van der Waals surface area contributed by atoms with Gasteiger partial charge in [-0.3, -0.25) is 4.79 Å². The van der Waals surface area contributed by atoms with Crippen LogP contribution >= 0.6 is 0 Å². The summed E-state index contributed by atoms with van der Waals surface area (Å²) in [7, 11) is 0. The molecule has 1 aromatic carbocycles. The fraction of sp³-hybridized carbons (Fsp3) is 0.400. The van der Waals surface area contributed by atoms with E-state index in [-0.39, 0.29) is 12.0 Å². The van der Waals surface area contributed by atoms with Gasteiger partial charge in [-0.05, 0) is 42.9 Å². The summed E-state index contributed by atoms with van der Waals surface area (Å²) in [4.78, 5) is 10.6. The van der Waals surface area contributed by atoms with Gasteiger partial charge in [-0.15, -0.1) is 0 Å². The highest BCUT2D eigenvalue weighted by Crippen LogP contribution is 2.31. The highest BCUT2D eigenvalue weighted by molar-refractivity contribution is 5.71. The van der Waals surface area contributed by atoms with Gasteiger partial charge in [0.05, 0.1) is 6.42 Å². The zero-order valence-corrected chi connectivity index (χ0v) is 10.6. The predicted octanol–water partition coefficient (Wildman–Crippen LogP) is 2.60. The van der Waals surface area contributed by atoms with Crippen LogP contribution in [0.4, 0.5) is 0 Å². The van der Waals surface area contributed by atoms with Gasteiger partial charge in [-0.2, -0.15) is 0 Å². The summed E-state index contributed by atoms with van der Waals surface area (Å²) in [6.45, 7) is 2.08.